The van der Waals surface area contributed by atoms with Crippen molar-refractivity contribution >= 4 is 23.3 Å². The van der Waals surface area contributed by atoms with E-state index in [1.807, 2.05) is 6.92 Å². The van der Waals surface area contributed by atoms with Crippen molar-refractivity contribution in [2.45, 2.75) is 39.0 Å². The number of rotatable bonds is 9. The predicted molar refractivity (Wildman–Crippen MR) is 89.9 cm³/mol. The summed E-state index contributed by atoms with van der Waals surface area (Å²) in [5.41, 5.74) is 6.75. The van der Waals surface area contributed by atoms with Crippen molar-refractivity contribution in [1.82, 2.24) is 5.32 Å². The largest absolute Gasteiger partial charge is 0.338 e. The zero-order valence-corrected chi connectivity index (χ0v) is 13.2. The molecule has 1 rings (SSSR count). The Bertz CT molecular complexity index is 477. The van der Waals surface area contributed by atoms with Crippen LogP contribution < -0.4 is 21.7 Å². The average molecular weight is 306 g/mol. The molecule has 0 fully saturated rings. The number of carbonyl (C=O) groups is 2. The van der Waals surface area contributed by atoms with Gasteiger partial charge in [-0.1, -0.05) is 18.9 Å². The van der Waals surface area contributed by atoms with Crippen LogP contribution in [0.1, 0.15) is 39.0 Å². The van der Waals surface area contributed by atoms with Crippen LogP contribution in [0, 0.1) is 0 Å². The van der Waals surface area contributed by atoms with Gasteiger partial charge in [-0.2, -0.15) is 0 Å². The second kappa shape index (κ2) is 10.6. The van der Waals surface area contributed by atoms with Gasteiger partial charge in [0.05, 0.1) is 0 Å². The summed E-state index contributed by atoms with van der Waals surface area (Å²) in [5.74, 6) is -0.0112. The van der Waals surface area contributed by atoms with Crippen LogP contribution in [0.15, 0.2) is 24.3 Å². The third-order valence-corrected chi connectivity index (χ3v) is 3.10. The molecular weight excluding hydrogens is 280 g/mol. The Hall–Kier alpha value is -2.08. The van der Waals surface area contributed by atoms with Gasteiger partial charge in [0.25, 0.3) is 0 Å². The lowest BCUT2D eigenvalue weighted by Gasteiger charge is -2.09. The van der Waals surface area contributed by atoms with Crippen molar-refractivity contribution in [2.75, 3.05) is 23.7 Å². The molecule has 3 amide bonds. The number of unbranched alkanes of at least 4 members (excludes halogenated alkanes) is 3. The summed E-state index contributed by atoms with van der Waals surface area (Å²) in [5, 5.41) is 8.21. The fourth-order valence-corrected chi connectivity index (χ4v) is 2.02. The maximum atomic E-state index is 11.8. The summed E-state index contributed by atoms with van der Waals surface area (Å²) in [7, 11) is 0. The summed E-state index contributed by atoms with van der Waals surface area (Å²) < 4.78 is 0. The van der Waals surface area contributed by atoms with E-state index in [9.17, 15) is 9.59 Å². The van der Waals surface area contributed by atoms with Crippen molar-refractivity contribution < 1.29 is 9.59 Å². The number of carbonyl (C=O) groups excluding carboxylic acids is 2. The van der Waals surface area contributed by atoms with E-state index in [1.165, 1.54) is 0 Å². The molecule has 0 spiro atoms. The van der Waals surface area contributed by atoms with E-state index in [2.05, 4.69) is 16.0 Å². The van der Waals surface area contributed by atoms with E-state index >= 15 is 0 Å². The first-order valence-electron chi connectivity index (χ1n) is 7.80. The van der Waals surface area contributed by atoms with Gasteiger partial charge in [-0.3, -0.25) is 4.79 Å². The number of nitrogens with one attached hydrogen (secondary N) is 3. The highest BCUT2D eigenvalue weighted by Gasteiger charge is 2.04. The normalized spacial score (nSPS) is 10.1. The van der Waals surface area contributed by atoms with Gasteiger partial charge in [-0.05, 0) is 44.5 Å². The second-order valence-electron chi connectivity index (χ2n) is 5.07. The Morgan fingerprint density at radius 1 is 1.05 bits per heavy atom. The Morgan fingerprint density at radius 2 is 1.73 bits per heavy atom. The van der Waals surface area contributed by atoms with Crippen molar-refractivity contribution in [1.29, 1.82) is 0 Å². The number of benzene rings is 1. The summed E-state index contributed by atoms with van der Waals surface area (Å²) in [4.78, 5) is 23.3. The highest BCUT2D eigenvalue weighted by molar-refractivity contribution is 5.93. The zero-order chi connectivity index (χ0) is 16.2. The van der Waals surface area contributed by atoms with Crippen LogP contribution in [-0.2, 0) is 4.79 Å². The number of nitrogens with two attached hydrogens (primary N) is 1. The van der Waals surface area contributed by atoms with Crippen molar-refractivity contribution in [3.63, 3.8) is 0 Å². The van der Waals surface area contributed by atoms with Gasteiger partial charge in [-0.25, -0.2) is 4.79 Å². The SMILES string of the molecule is CCNC(=O)Nc1cccc(NC(=O)CCCCCCN)c1. The number of hydrogen-bond donors (Lipinski definition) is 4. The molecule has 0 bridgehead atoms. The molecule has 0 atom stereocenters. The smallest absolute Gasteiger partial charge is 0.319 e. The first-order valence-corrected chi connectivity index (χ1v) is 7.80. The van der Waals surface area contributed by atoms with Crippen LogP contribution >= 0.6 is 0 Å². The molecular formula is C16H26N4O2. The summed E-state index contributed by atoms with van der Waals surface area (Å²) in [6.07, 6.45) is 4.45. The molecule has 22 heavy (non-hydrogen) atoms. The quantitative estimate of drug-likeness (QED) is 0.528. The molecule has 6 heteroatoms. The predicted octanol–water partition coefficient (Wildman–Crippen LogP) is 2.68. The van der Waals surface area contributed by atoms with Gasteiger partial charge in [0.1, 0.15) is 0 Å². The van der Waals surface area contributed by atoms with Crippen LogP contribution in [0.25, 0.3) is 0 Å². The van der Waals surface area contributed by atoms with E-state index in [1.54, 1.807) is 24.3 Å². The lowest BCUT2D eigenvalue weighted by atomic mass is 10.1. The molecule has 0 aliphatic rings. The Morgan fingerprint density at radius 3 is 2.41 bits per heavy atom. The Labute approximate surface area is 131 Å². The molecule has 1 aromatic carbocycles. The molecule has 0 aromatic heterocycles. The molecule has 0 aliphatic carbocycles. The van der Waals surface area contributed by atoms with E-state index in [4.69, 9.17) is 5.73 Å². The fraction of sp³-hybridized carbons (Fsp3) is 0.500. The van der Waals surface area contributed by atoms with Crippen molar-refractivity contribution in [3.05, 3.63) is 24.3 Å². The summed E-state index contributed by atoms with van der Waals surface area (Å²) >= 11 is 0. The van der Waals surface area contributed by atoms with Crippen LogP contribution in [0.5, 0.6) is 0 Å². The number of amides is 3. The molecule has 122 valence electrons. The second-order valence-corrected chi connectivity index (χ2v) is 5.07. The third-order valence-electron chi connectivity index (χ3n) is 3.10. The molecule has 0 heterocycles. The van der Waals surface area contributed by atoms with Crippen molar-refractivity contribution in [2.24, 2.45) is 5.73 Å². The van der Waals surface area contributed by atoms with Gasteiger partial charge in [0, 0.05) is 24.3 Å². The van der Waals surface area contributed by atoms with E-state index in [-0.39, 0.29) is 11.9 Å². The first-order chi connectivity index (χ1) is 10.7. The highest BCUT2D eigenvalue weighted by atomic mass is 16.2. The van der Waals surface area contributed by atoms with E-state index < -0.39 is 0 Å². The zero-order valence-electron chi connectivity index (χ0n) is 13.2. The molecule has 0 unspecified atom stereocenters. The van der Waals surface area contributed by atoms with E-state index in [0.29, 0.717) is 30.9 Å². The molecule has 0 aliphatic heterocycles. The minimum absolute atomic E-state index is 0.0112. The maximum Gasteiger partial charge on any atom is 0.319 e. The van der Waals surface area contributed by atoms with Crippen LogP contribution in [0.4, 0.5) is 16.2 Å². The van der Waals surface area contributed by atoms with Gasteiger partial charge in [0.15, 0.2) is 0 Å². The fourth-order valence-electron chi connectivity index (χ4n) is 2.02. The Balaban J connectivity index is 2.38. The first kappa shape index (κ1) is 18.0. The molecule has 5 N–H and O–H groups in total. The number of anilines is 2. The lowest BCUT2D eigenvalue weighted by molar-refractivity contribution is -0.116. The van der Waals surface area contributed by atoms with Gasteiger partial charge in [-0.15, -0.1) is 0 Å². The minimum Gasteiger partial charge on any atom is -0.338 e. The maximum absolute atomic E-state index is 11.8. The number of urea groups is 1. The summed E-state index contributed by atoms with van der Waals surface area (Å²) in [6.45, 7) is 3.12. The minimum atomic E-state index is -0.258. The molecule has 6 nitrogen and oxygen atoms in total. The molecule has 0 radical (unpaired) electrons. The standard InChI is InChI=1S/C16H26N4O2/c1-2-18-16(22)20-14-9-7-8-13(12-14)19-15(21)10-5-3-4-6-11-17/h7-9,12H,2-6,10-11,17H2,1H3,(H,19,21)(H2,18,20,22). The van der Waals surface area contributed by atoms with Crippen LogP contribution in [-0.4, -0.2) is 25.0 Å². The van der Waals surface area contributed by atoms with Gasteiger partial charge in [0.2, 0.25) is 5.91 Å². The topological polar surface area (TPSA) is 96.2 Å². The van der Waals surface area contributed by atoms with E-state index in [0.717, 1.165) is 25.7 Å². The van der Waals surface area contributed by atoms with Crippen molar-refractivity contribution in [3.8, 4) is 0 Å². The average Bonchev–Trinajstić information content (AvgIpc) is 2.47. The van der Waals surface area contributed by atoms with Gasteiger partial charge < -0.3 is 21.7 Å². The van der Waals surface area contributed by atoms with Crippen LogP contribution in [0.2, 0.25) is 0 Å². The van der Waals surface area contributed by atoms with Gasteiger partial charge >= 0.3 is 6.03 Å². The lowest BCUT2D eigenvalue weighted by Crippen LogP contribution is -2.28. The molecule has 0 saturated heterocycles. The highest BCUT2D eigenvalue weighted by Crippen LogP contribution is 2.15. The Kier molecular flexibility index (Phi) is 8.67. The monoisotopic (exact) mass is 306 g/mol. The third kappa shape index (κ3) is 7.64. The summed E-state index contributed by atoms with van der Waals surface area (Å²) in [6, 6.07) is 6.85. The molecule has 0 saturated carbocycles. The van der Waals surface area contributed by atoms with Crippen LogP contribution in [0.3, 0.4) is 0 Å². The number of hydrogen-bond acceptors (Lipinski definition) is 3. The molecule has 1 aromatic rings.